The minimum Gasteiger partial charge on any atom is -0.383 e. The van der Waals surface area contributed by atoms with Gasteiger partial charge in [-0.1, -0.05) is 0 Å². The molecule has 0 atom stereocenters. The smallest absolute Gasteiger partial charge is 0.197 e. The summed E-state index contributed by atoms with van der Waals surface area (Å²) in [7, 11) is 0. The molecule has 0 amide bonds. The molecule has 0 aliphatic heterocycles. The van der Waals surface area contributed by atoms with Crippen molar-refractivity contribution in [2.75, 3.05) is 5.73 Å². The van der Waals surface area contributed by atoms with E-state index in [1.807, 2.05) is 0 Å². The van der Waals surface area contributed by atoms with Gasteiger partial charge < -0.3 is 5.73 Å². The van der Waals surface area contributed by atoms with Gasteiger partial charge in [-0.05, 0) is 19.3 Å². The predicted molar refractivity (Wildman–Crippen MR) is 48.5 cm³/mol. The molecule has 1 aromatic rings. The van der Waals surface area contributed by atoms with Crippen molar-refractivity contribution in [3.05, 3.63) is 17.1 Å². The highest BCUT2D eigenvalue weighted by molar-refractivity contribution is 5.90. The Morgan fingerprint density at radius 3 is 2.85 bits per heavy atom. The Morgan fingerprint density at radius 2 is 2.15 bits per heavy atom. The minimum atomic E-state index is -0.124. The number of hydrogen-bond donors (Lipinski definition) is 1. The lowest BCUT2D eigenvalue weighted by atomic mass is 10.2. The average Bonchev–Trinajstić information content (AvgIpc) is 2.51. The number of ketones is 1. The van der Waals surface area contributed by atoms with Crippen molar-refractivity contribution in [2.24, 2.45) is 0 Å². The predicted octanol–water partition coefficient (Wildman–Crippen LogP) is 0.750. The highest BCUT2D eigenvalue weighted by Gasteiger charge is 2.18. The number of aryl methyl sites for hydroxylation is 1. The zero-order valence-electron chi connectivity index (χ0n) is 7.50. The Bertz CT molecular complexity index is 373. The second kappa shape index (κ2) is 2.80. The second-order valence-electron chi connectivity index (χ2n) is 3.27. The van der Waals surface area contributed by atoms with Crippen molar-refractivity contribution >= 4 is 11.6 Å². The SMILES string of the molecule is CC(=O)c1nc(N)c2c(n1)CCC2. The number of rotatable bonds is 1. The number of Topliss-reactive ketones (excluding diaryl/α,β-unsaturated/α-hetero) is 1. The zero-order valence-corrected chi connectivity index (χ0v) is 7.50. The first kappa shape index (κ1) is 8.16. The van der Waals surface area contributed by atoms with Crippen molar-refractivity contribution in [3.8, 4) is 0 Å². The van der Waals surface area contributed by atoms with E-state index in [0.717, 1.165) is 30.5 Å². The summed E-state index contributed by atoms with van der Waals surface area (Å²) in [6, 6.07) is 0. The monoisotopic (exact) mass is 177 g/mol. The first-order chi connectivity index (χ1) is 6.18. The Hall–Kier alpha value is -1.45. The van der Waals surface area contributed by atoms with Crippen LogP contribution in [0.2, 0.25) is 0 Å². The van der Waals surface area contributed by atoms with Gasteiger partial charge in [0.25, 0.3) is 0 Å². The molecule has 2 rings (SSSR count). The van der Waals surface area contributed by atoms with Gasteiger partial charge in [0, 0.05) is 18.2 Å². The van der Waals surface area contributed by atoms with Crippen LogP contribution >= 0.6 is 0 Å². The molecule has 1 aliphatic carbocycles. The quantitative estimate of drug-likeness (QED) is 0.643. The van der Waals surface area contributed by atoms with Crippen molar-refractivity contribution in [1.29, 1.82) is 0 Å². The van der Waals surface area contributed by atoms with Crippen molar-refractivity contribution in [2.45, 2.75) is 26.2 Å². The molecular weight excluding hydrogens is 166 g/mol. The van der Waals surface area contributed by atoms with E-state index in [9.17, 15) is 4.79 Å². The van der Waals surface area contributed by atoms with Crippen LogP contribution in [0.25, 0.3) is 0 Å². The second-order valence-corrected chi connectivity index (χ2v) is 3.27. The molecule has 2 N–H and O–H groups in total. The highest BCUT2D eigenvalue weighted by Crippen LogP contribution is 2.23. The fourth-order valence-electron chi connectivity index (χ4n) is 1.62. The van der Waals surface area contributed by atoms with E-state index in [4.69, 9.17) is 5.73 Å². The van der Waals surface area contributed by atoms with Gasteiger partial charge in [-0.2, -0.15) is 0 Å². The van der Waals surface area contributed by atoms with Crippen molar-refractivity contribution in [1.82, 2.24) is 9.97 Å². The molecule has 1 aromatic heterocycles. The lowest BCUT2D eigenvalue weighted by Crippen LogP contribution is -2.08. The number of nitrogens with two attached hydrogens (primary N) is 1. The summed E-state index contributed by atoms with van der Waals surface area (Å²) in [6.07, 6.45) is 2.93. The summed E-state index contributed by atoms with van der Waals surface area (Å²) in [5.41, 5.74) is 7.70. The summed E-state index contributed by atoms with van der Waals surface area (Å²) in [5, 5.41) is 0. The number of anilines is 1. The molecular formula is C9H11N3O. The van der Waals surface area contributed by atoms with Crippen LogP contribution in [0.3, 0.4) is 0 Å². The van der Waals surface area contributed by atoms with Crippen molar-refractivity contribution < 1.29 is 4.79 Å². The summed E-state index contributed by atoms with van der Waals surface area (Å²) in [5.74, 6) is 0.604. The topological polar surface area (TPSA) is 68.9 Å². The number of hydrogen-bond acceptors (Lipinski definition) is 4. The molecule has 4 heteroatoms. The van der Waals surface area contributed by atoms with Gasteiger partial charge in [0.05, 0.1) is 0 Å². The Morgan fingerprint density at radius 1 is 1.38 bits per heavy atom. The van der Waals surface area contributed by atoms with E-state index in [2.05, 4.69) is 9.97 Å². The van der Waals surface area contributed by atoms with Crippen LogP contribution in [0.15, 0.2) is 0 Å². The Kier molecular flexibility index (Phi) is 1.76. The van der Waals surface area contributed by atoms with Gasteiger partial charge in [-0.3, -0.25) is 4.79 Å². The van der Waals surface area contributed by atoms with E-state index in [1.54, 1.807) is 0 Å². The third-order valence-electron chi connectivity index (χ3n) is 2.28. The van der Waals surface area contributed by atoms with Gasteiger partial charge in [-0.15, -0.1) is 0 Å². The molecule has 1 heterocycles. The van der Waals surface area contributed by atoms with Crippen molar-refractivity contribution in [3.63, 3.8) is 0 Å². The highest BCUT2D eigenvalue weighted by atomic mass is 16.1. The van der Waals surface area contributed by atoms with E-state index in [1.165, 1.54) is 6.92 Å². The molecule has 68 valence electrons. The first-order valence-electron chi connectivity index (χ1n) is 4.34. The molecule has 0 spiro atoms. The number of nitrogen functional groups attached to an aromatic ring is 1. The van der Waals surface area contributed by atoms with Crippen LogP contribution in [0.5, 0.6) is 0 Å². The first-order valence-corrected chi connectivity index (χ1v) is 4.34. The van der Waals surface area contributed by atoms with Crippen LogP contribution in [-0.2, 0) is 12.8 Å². The number of nitrogens with zero attached hydrogens (tertiary/aromatic N) is 2. The molecule has 0 bridgehead atoms. The maximum absolute atomic E-state index is 11.0. The Balaban J connectivity index is 2.55. The maximum Gasteiger partial charge on any atom is 0.197 e. The van der Waals surface area contributed by atoms with Gasteiger partial charge >= 0.3 is 0 Å². The number of fused-ring (bicyclic) bond motifs is 1. The lowest BCUT2D eigenvalue weighted by Gasteiger charge is -2.03. The minimum absolute atomic E-state index is 0.124. The van der Waals surface area contributed by atoms with E-state index in [-0.39, 0.29) is 11.6 Å². The standard InChI is InChI=1S/C9H11N3O/c1-5(13)9-11-7-4-2-3-6(7)8(10)12-9/h2-4H2,1H3,(H2,10,11,12). The molecule has 0 saturated carbocycles. The molecule has 0 radical (unpaired) electrons. The molecule has 1 aliphatic rings. The number of carbonyl (C=O) groups is 1. The van der Waals surface area contributed by atoms with E-state index >= 15 is 0 Å². The summed E-state index contributed by atoms with van der Waals surface area (Å²) in [6.45, 7) is 1.45. The average molecular weight is 177 g/mol. The third-order valence-corrected chi connectivity index (χ3v) is 2.28. The fraction of sp³-hybridized carbons (Fsp3) is 0.444. The zero-order chi connectivity index (χ0) is 9.42. The summed E-state index contributed by atoms with van der Waals surface area (Å²) < 4.78 is 0. The molecule has 0 fully saturated rings. The summed E-state index contributed by atoms with van der Waals surface area (Å²) in [4.78, 5) is 19.2. The maximum atomic E-state index is 11.0. The summed E-state index contributed by atoms with van der Waals surface area (Å²) >= 11 is 0. The fourth-order valence-corrected chi connectivity index (χ4v) is 1.62. The lowest BCUT2D eigenvalue weighted by molar-refractivity contribution is 0.100. The van der Waals surface area contributed by atoms with Gasteiger partial charge in [-0.25, -0.2) is 9.97 Å². The largest absolute Gasteiger partial charge is 0.383 e. The molecule has 4 nitrogen and oxygen atoms in total. The van der Waals surface area contributed by atoms with Crippen LogP contribution in [-0.4, -0.2) is 15.8 Å². The van der Waals surface area contributed by atoms with E-state index < -0.39 is 0 Å². The molecule has 0 unspecified atom stereocenters. The normalized spacial score (nSPS) is 14.2. The molecule has 13 heavy (non-hydrogen) atoms. The van der Waals surface area contributed by atoms with Crippen LogP contribution < -0.4 is 5.73 Å². The van der Waals surface area contributed by atoms with Gasteiger partial charge in [0.15, 0.2) is 11.6 Å². The number of aromatic nitrogens is 2. The Labute approximate surface area is 76.2 Å². The van der Waals surface area contributed by atoms with Crippen LogP contribution in [0.1, 0.15) is 35.2 Å². The van der Waals surface area contributed by atoms with Crippen LogP contribution in [0.4, 0.5) is 5.82 Å². The molecule has 0 aromatic carbocycles. The van der Waals surface area contributed by atoms with Gasteiger partial charge in [0.2, 0.25) is 0 Å². The van der Waals surface area contributed by atoms with E-state index in [0.29, 0.717) is 5.82 Å². The molecule has 0 saturated heterocycles. The number of carbonyl (C=O) groups excluding carboxylic acids is 1. The van der Waals surface area contributed by atoms with Crippen LogP contribution in [0, 0.1) is 0 Å². The van der Waals surface area contributed by atoms with Gasteiger partial charge in [0.1, 0.15) is 5.82 Å². The third kappa shape index (κ3) is 1.28.